The van der Waals surface area contributed by atoms with Crippen LogP contribution in [0.1, 0.15) is 17.0 Å². The molecule has 1 aromatic carbocycles. The van der Waals surface area contributed by atoms with Crippen molar-refractivity contribution in [2.24, 2.45) is 0 Å². The van der Waals surface area contributed by atoms with E-state index in [1.807, 2.05) is 24.3 Å². The Kier molecular flexibility index (Phi) is 6.03. The van der Waals surface area contributed by atoms with Gasteiger partial charge in [0.2, 0.25) is 11.9 Å². The number of hydrogen-bond donors (Lipinski definition) is 2. The predicted molar refractivity (Wildman–Crippen MR) is 127 cm³/mol. The number of benzene rings is 1. The predicted octanol–water partition coefficient (Wildman–Crippen LogP) is 3.57. The van der Waals surface area contributed by atoms with Crippen LogP contribution in [0.25, 0.3) is 10.9 Å². The number of H-pyrrole nitrogens is 1. The number of aromatic amines is 1. The summed E-state index contributed by atoms with van der Waals surface area (Å²) in [6.45, 7) is 7.37. The first-order valence-electron chi connectivity index (χ1n) is 11.1. The van der Waals surface area contributed by atoms with E-state index >= 15 is 0 Å². The lowest BCUT2D eigenvalue weighted by molar-refractivity contribution is 0.122. The Morgan fingerprint density at radius 2 is 1.97 bits per heavy atom. The van der Waals surface area contributed by atoms with Crippen LogP contribution in [0.3, 0.4) is 0 Å². The maximum Gasteiger partial charge on any atom is 0.323 e. The number of ether oxygens (including phenoxy) is 2. The van der Waals surface area contributed by atoms with E-state index in [2.05, 4.69) is 61.1 Å². The summed E-state index contributed by atoms with van der Waals surface area (Å²) in [6.07, 6.45) is 2.45. The molecule has 5 rings (SSSR count). The van der Waals surface area contributed by atoms with Crippen molar-refractivity contribution in [1.82, 2.24) is 24.9 Å². The van der Waals surface area contributed by atoms with Gasteiger partial charge in [0.25, 0.3) is 0 Å². The van der Waals surface area contributed by atoms with Gasteiger partial charge in [0.05, 0.1) is 19.8 Å². The van der Waals surface area contributed by atoms with E-state index in [0.717, 1.165) is 30.0 Å². The van der Waals surface area contributed by atoms with Crippen molar-refractivity contribution in [1.29, 1.82) is 0 Å². The number of morpholine rings is 1. The third-order valence-corrected chi connectivity index (χ3v) is 5.78. The number of hydrogen-bond acceptors (Lipinski definition) is 8. The van der Waals surface area contributed by atoms with E-state index in [-0.39, 0.29) is 0 Å². The van der Waals surface area contributed by atoms with Gasteiger partial charge in [-0.25, -0.2) is 0 Å². The molecule has 33 heavy (non-hydrogen) atoms. The molecule has 1 aliphatic heterocycles. The Hall–Kier alpha value is -3.72. The lowest BCUT2D eigenvalue weighted by Crippen LogP contribution is -2.37. The third-order valence-electron chi connectivity index (χ3n) is 5.78. The minimum absolute atomic E-state index is 0.291. The quantitative estimate of drug-likeness (QED) is 0.445. The molecule has 9 nitrogen and oxygen atoms in total. The number of anilines is 3. The first kappa shape index (κ1) is 21.1. The number of aryl methyl sites for hydroxylation is 2. The monoisotopic (exact) mass is 445 g/mol. The molecule has 4 aromatic rings. The topological polar surface area (TPSA) is 101 Å². The summed E-state index contributed by atoms with van der Waals surface area (Å²) in [6, 6.07) is 12.3. The maximum absolute atomic E-state index is 5.91. The smallest absolute Gasteiger partial charge is 0.323 e. The number of nitrogens with one attached hydrogen (secondary N) is 2. The Labute approximate surface area is 192 Å². The van der Waals surface area contributed by atoms with Crippen molar-refractivity contribution < 1.29 is 9.47 Å². The van der Waals surface area contributed by atoms with Crippen molar-refractivity contribution in [3.63, 3.8) is 0 Å². The Morgan fingerprint density at radius 1 is 1.09 bits per heavy atom. The summed E-state index contributed by atoms with van der Waals surface area (Å²) in [5.41, 5.74) is 5.38. The number of nitrogens with zero attached hydrogens (tertiary/aromatic N) is 5. The van der Waals surface area contributed by atoms with Gasteiger partial charge >= 0.3 is 6.01 Å². The zero-order valence-electron chi connectivity index (χ0n) is 18.8. The standard InChI is InChI=1S/C24H27N7O2/c1-16-17(2)26-21-7-6-19(15-20(16)21)27-22-28-23(31-10-13-32-14-11-31)30-24(29-22)33-12-8-18-5-3-4-9-25-18/h3-7,9,15,26H,8,10-14H2,1-2H3,(H,27,28,29,30). The van der Waals surface area contributed by atoms with Crippen molar-refractivity contribution in [2.75, 3.05) is 43.1 Å². The van der Waals surface area contributed by atoms with Crippen LogP contribution in [0, 0.1) is 13.8 Å². The normalized spacial score (nSPS) is 13.9. The minimum Gasteiger partial charge on any atom is -0.463 e. The molecule has 1 aliphatic rings. The maximum atomic E-state index is 5.91. The van der Waals surface area contributed by atoms with Gasteiger partial charge in [-0.15, -0.1) is 0 Å². The lowest BCUT2D eigenvalue weighted by atomic mass is 10.1. The second-order valence-electron chi connectivity index (χ2n) is 8.02. The van der Waals surface area contributed by atoms with Crippen LogP contribution in [0.15, 0.2) is 42.6 Å². The van der Waals surface area contributed by atoms with Crippen LogP contribution >= 0.6 is 0 Å². The van der Waals surface area contributed by atoms with Gasteiger partial charge in [0.1, 0.15) is 0 Å². The highest BCUT2D eigenvalue weighted by Crippen LogP contribution is 2.26. The summed E-state index contributed by atoms with van der Waals surface area (Å²) < 4.78 is 11.4. The summed E-state index contributed by atoms with van der Waals surface area (Å²) in [5, 5.41) is 4.51. The van der Waals surface area contributed by atoms with Gasteiger partial charge in [-0.05, 0) is 49.7 Å². The SMILES string of the molecule is Cc1[nH]c2ccc(Nc3nc(OCCc4ccccn4)nc(N4CCOCC4)n3)cc2c1C. The second-order valence-corrected chi connectivity index (χ2v) is 8.02. The molecule has 4 heterocycles. The first-order valence-corrected chi connectivity index (χ1v) is 11.1. The molecule has 0 aliphatic carbocycles. The van der Waals surface area contributed by atoms with E-state index in [1.165, 1.54) is 16.6 Å². The van der Waals surface area contributed by atoms with Crippen molar-refractivity contribution in [3.8, 4) is 6.01 Å². The largest absolute Gasteiger partial charge is 0.463 e. The zero-order valence-corrected chi connectivity index (χ0v) is 18.8. The zero-order chi connectivity index (χ0) is 22.6. The molecular weight excluding hydrogens is 418 g/mol. The molecule has 0 atom stereocenters. The summed E-state index contributed by atoms with van der Waals surface area (Å²) in [5.74, 6) is 1.03. The van der Waals surface area contributed by atoms with Crippen molar-refractivity contribution >= 4 is 28.5 Å². The minimum atomic E-state index is 0.291. The number of fused-ring (bicyclic) bond motifs is 1. The van der Waals surface area contributed by atoms with Crippen LogP contribution in [-0.4, -0.2) is 57.8 Å². The van der Waals surface area contributed by atoms with E-state index < -0.39 is 0 Å². The van der Waals surface area contributed by atoms with Gasteiger partial charge < -0.3 is 24.7 Å². The fraction of sp³-hybridized carbons (Fsp3) is 0.333. The molecule has 0 spiro atoms. The molecule has 0 radical (unpaired) electrons. The highest BCUT2D eigenvalue weighted by atomic mass is 16.5. The molecule has 3 aromatic heterocycles. The summed E-state index contributed by atoms with van der Waals surface area (Å²) >= 11 is 0. The van der Waals surface area contributed by atoms with Crippen LogP contribution in [0.2, 0.25) is 0 Å². The fourth-order valence-electron chi connectivity index (χ4n) is 3.83. The highest BCUT2D eigenvalue weighted by Gasteiger charge is 2.17. The van der Waals surface area contributed by atoms with Crippen molar-refractivity contribution in [3.05, 3.63) is 59.5 Å². The van der Waals surface area contributed by atoms with Crippen LogP contribution in [0.5, 0.6) is 6.01 Å². The fourth-order valence-corrected chi connectivity index (χ4v) is 3.83. The molecule has 2 N–H and O–H groups in total. The average Bonchev–Trinajstić information content (AvgIpc) is 3.13. The van der Waals surface area contributed by atoms with E-state index in [4.69, 9.17) is 9.47 Å². The van der Waals surface area contributed by atoms with Gasteiger partial charge in [0, 0.05) is 53.7 Å². The van der Waals surface area contributed by atoms with Crippen LogP contribution in [-0.2, 0) is 11.2 Å². The molecule has 1 saturated heterocycles. The summed E-state index contributed by atoms with van der Waals surface area (Å²) in [7, 11) is 0. The van der Waals surface area contributed by atoms with Gasteiger partial charge in [-0.1, -0.05) is 6.07 Å². The van der Waals surface area contributed by atoms with Crippen LogP contribution < -0.4 is 15.0 Å². The Balaban J connectivity index is 1.39. The first-order chi connectivity index (χ1) is 16.2. The molecule has 170 valence electrons. The molecule has 0 bridgehead atoms. The van der Waals surface area contributed by atoms with Crippen molar-refractivity contribution in [2.45, 2.75) is 20.3 Å². The Bertz CT molecular complexity index is 1240. The average molecular weight is 446 g/mol. The third kappa shape index (κ3) is 4.88. The molecule has 0 saturated carbocycles. The molecule has 0 unspecified atom stereocenters. The molecule has 1 fully saturated rings. The Morgan fingerprint density at radius 3 is 2.79 bits per heavy atom. The van der Waals surface area contributed by atoms with Crippen LogP contribution in [0.4, 0.5) is 17.6 Å². The number of pyridine rings is 1. The van der Waals surface area contributed by atoms with Gasteiger partial charge in [0.15, 0.2) is 0 Å². The number of rotatable bonds is 7. The van der Waals surface area contributed by atoms with Gasteiger partial charge in [-0.3, -0.25) is 4.98 Å². The number of aromatic nitrogens is 5. The highest BCUT2D eigenvalue weighted by molar-refractivity contribution is 5.88. The van der Waals surface area contributed by atoms with E-state index in [1.54, 1.807) is 6.20 Å². The summed E-state index contributed by atoms with van der Waals surface area (Å²) in [4.78, 5) is 23.6. The molecule has 9 heteroatoms. The molecule has 0 amide bonds. The second kappa shape index (κ2) is 9.41. The van der Waals surface area contributed by atoms with E-state index in [9.17, 15) is 0 Å². The van der Waals surface area contributed by atoms with Gasteiger partial charge in [-0.2, -0.15) is 15.0 Å². The van der Waals surface area contributed by atoms with E-state index in [0.29, 0.717) is 44.1 Å². The lowest BCUT2D eigenvalue weighted by Gasteiger charge is -2.27. The molecular formula is C24H27N7O2.